The number of carboxylic acids is 1. The number of aliphatic carboxylic acids is 1. The van der Waals surface area contributed by atoms with Gasteiger partial charge in [-0.3, -0.25) is 14.5 Å². The van der Waals surface area contributed by atoms with Crippen molar-refractivity contribution in [2.75, 3.05) is 6.54 Å². The number of hydrogen-bond donors (Lipinski definition) is 2. The van der Waals surface area contributed by atoms with Crippen LogP contribution in [0.25, 0.3) is 6.08 Å². The number of hydrogen-bond acceptors (Lipinski definition) is 5. The quantitative estimate of drug-likeness (QED) is 0.640. The molecular formula is C14H13NO4S2. The van der Waals surface area contributed by atoms with Crippen LogP contribution in [0.3, 0.4) is 0 Å². The monoisotopic (exact) mass is 323 g/mol. The number of amides is 1. The Bertz CT molecular complexity index is 610. The van der Waals surface area contributed by atoms with Crippen LogP contribution in [-0.4, -0.2) is 37.9 Å². The van der Waals surface area contributed by atoms with Crippen LogP contribution < -0.4 is 0 Å². The van der Waals surface area contributed by atoms with Gasteiger partial charge in [-0.2, -0.15) is 0 Å². The van der Waals surface area contributed by atoms with Gasteiger partial charge in [-0.1, -0.05) is 36.1 Å². The van der Waals surface area contributed by atoms with Gasteiger partial charge < -0.3 is 10.2 Å². The molecule has 2 N–H and O–H groups in total. The zero-order valence-electron chi connectivity index (χ0n) is 11.0. The molecule has 0 saturated carbocycles. The SMILES string of the molecule is O=C(O)CCCN1C(=O)C(=Cc2ccc(O)cc2)SC1=S. The van der Waals surface area contributed by atoms with Crippen LogP contribution in [0.4, 0.5) is 0 Å². The number of phenols is 1. The first-order valence-electron chi connectivity index (χ1n) is 6.23. The summed E-state index contributed by atoms with van der Waals surface area (Å²) >= 11 is 6.35. The van der Waals surface area contributed by atoms with Gasteiger partial charge in [0.1, 0.15) is 10.1 Å². The Hall–Kier alpha value is -1.86. The second kappa shape index (κ2) is 6.73. The van der Waals surface area contributed by atoms with Crippen molar-refractivity contribution in [3.63, 3.8) is 0 Å². The highest BCUT2D eigenvalue weighted by molar-refractivity contribution is 8.26. The topological polar surface area (TPSA) is 77.8 Å². The zero-order valence-corrected chi connectivity index (χ0v) is 12.6. The third-order valence-corrected chi connectivity index (χ3v) is 4.21. The Morgan fingerprint density at radius 3 is 2.62 bits per heavy atom. The standard InChI is InChI=1S/C14H13NO4S2/c16-10-5-3-9(4-6-10)8-11-13(19)15(14(20)21-11)7-1-2-12(17)18/h3-6,8,16H,1-2,7H2,(H,17,18). The number of thioether (sulfide) groups is 1. The van der Waals surface area contributed by atoms with Gasteiger partial charge in [0.25, 0.3) is 5.91 Å². The molecule has 1 fully saturated rings. The van der Waals surface area contributed by atoms with Gasteiger partial charge in [0.05, 0.1) is 4.91 Å². The van der Waals surface area contributed by atoms with E-state index in [-0.39, 0.29) is 18.1 Å². The maximum Gasteiger partial charge on any atom is 0.303 e. The maximum absolute atomic E-state index is 12.2. The summed E-state index contributed by atoms with van der Waals surface area (Å²) in [6.45, 7) is 0.309. The molecule has 5 nitrogen and oxygen atoms in total. The maximum atomic E-state index is 12.2. The number of nitrogens with zero attached hydrogens (tertiary/aromatic N) is 1. The molecule has 1 saturated heterocycles. The molecule has 0 aliphatic carbocycles. The fourth-order valence-electron chi connectivity index (χ4n) is 1.80. The van der Waals surface area contributed by atoms with E-state index in [0.717, 1.165) is 5.56 Å². The van der Waals surface area contributed by atoms with Crippen molar-refractivity contribution in [2.24, 2.45) is 0 Å². The van der Waals surface area contributed by atoms with Crippen LogP contribution >= 0.6 is 24.0 Å². The van der Waals surface area contributed by atoms with Gasteiger partial charge in [-0.05, 0) is 30.2 Å². The average molecular weight is 323 g/mol. The second-order valence-corrected chi connectivity index (χ2v) is 6.10. The lowest BCUT2D eigenvalue weighted by atomic mass is 10.2. The summed E-state index contributed by atoms with van der Waals surface area (Å²) in [7, 11) is 0. The summed E-state index contributed by atoms with van der Waals surface area (Å²) < 4.78 is 0.440. The van der Waals surface area contributed by atoms with Crippen molar-refractivity contribution in [1.82, 2.24) is 4.90 Å². The Morgan fingerprint density at radius 2 is 2.00 bits per heavy atom. The van der Waals surface area contributed by atoms with Gasteiger partial charge in [0.2, 0.25) is 0 Å². The van der Waals surface area contributed by atoms with Gasteiger partial charge in [0.15, 0.2) is 0 Å². The number of carbonyl (C=O) groups excluding carboxylic acids is 1. The molecule has 0 unspecified atom stereocenters. The first kappa shape index (κ1) is 15.5. The summed E-state index contributed by atoms with van der Waals surface area (Å²) in [5, 5.41) is 17.8. The fourth-order valence-corrected chi connectivity index (χ4v) is 3.11. The van der Waals surface area contributed by atoms with E-state index in [1.54, 1.807) is 30.3 Å². The van der Waals surface area contributed by atoms with Crippen molar-refractivity contribution < 1.29 is 19.8 Å². The van der Waals surface area contributed by atoms with E-state index < -0.39 is 5.97 Å². The van der Waals surface area contributed by atoms with Crippen LogP contribution in [-0.2, 0) is 9.59 Å². The molecule has 0 spiro atoms. The highest BCUT2D eigenvalue weighted by atomic mass is 32.2. The van der Waals surface area contributed by atoms with Gasteiger partial charge in [-0.15, -0.1) is 0 Å². The molecule has 1 aromatic rings. The van der Waals surface area contributed by atoms with Gasteiger partial charge in [0, 0.05) is 13.0 Å². The van der Waals surface area contributed by atoms with E-state index in [1.807, 2.05) is 0 Å². The average Bonchev–Trinajstić information content (AvgIpc) is 2.68. The molecule has 2 rings (SSSR count). The molecule has 0 bridgehead atoms. The van der Waals surface area contributed by atoms with Crippen molar-refractivity contribution in [1.29, 1.82) is 0 Å². The minimum absolute atomic E-state index is 0.00801. The van der Waals surface area contributed by atoms with Crippen molar-refractivity contribution in [2.45, 2.75) is 12.8 Å². The lowest BCUT2D eigenvalue weighted by Crippen LogP contribution is -2.29. The number of carboxylic acid groups (broad SMARTS) is 1. The van der Waals surface area contributed by atoms with Crippen molar-refractivity contribution in [3.05, 3.63) is 34.7 Å². The van der Waals surface area contributed by atoms with Crippen LogP contribution in [0.15, 0.2) is 29.2 Å². The second-order valence-electron chi connectivity index (χ2n) is 4.42. The smallest absolute Gasteiger partial charge is 0.303 e. The summed E-state index contributed by atoms with van der Waals surface area (Å²) in [6.07, 6.45) is 2.08. The Morgan fingerprint density at radius 1 is 1.33 bits per heavy atom. The Labute approximate surface area is 131 Å². The number of phenolic OH excluding ortho intramolecular Hbond substituents is 1. The van der Waals surface area contributed by atoms with Crippen molar-refractivity contribution >= 4 is 46.3 Å². The summed E-state index contributed by atoms with van der Waals surface area (Å²) in [6, 6.07) is 6.48. The molecule has 21 heavy (non-hydrogen) atoms. The predicted octanol–water partition coefficient (Wildman–Crippen LogP) is 2.46. The molecule has 1 aromatic carbocycles. The van der Waals surface area contributed by atoms with Crippen LogP contribution in [0, 0.1) is 0 Å². The minimum Gasteiger partial charge on any atom is -0.508 e. The third kappa shape index (κ3) is 4.05. The molecule has 110 valence electrons. The van der Waals surface area contributed by atoms with Crippen LogP contribution in [0.5, 0.6) is 5.75 Å². The highest BCUT2D eigenvalue weighted by Crippen LogP contribution is 2.32. The molecule has 0 aromatic heterocycles. The first-order valence-corrected chi connectivity index (χ1v) is 7.46. The lowest BCUT2D eigenvalue weighted by Gasteiger charge is -2.13. The predicted molar refractivity (Wildman–Crippen MR) is 84.9 cm³/mol. The van der Waals surface area contributed by atoms with E-state index in [0.29, 0.717) is 22.2 Å². The lowest BCUT2D eigenvalue weighted by molar-refractivity contribution is -0.137. The van der Waals surface area contributed by atoms with Crippen molar-refractivity contribution in [3.8, 4) is 5.75 Å². The normalized spacial score (nSPS) is 16.8. The molecule has 7 heteroatoms. The molecule has 0 radical (unpaired) electrons. The molecule has 0 atom stereocenters. The molecule has 1 heterocycles. The molecule has 1 amide bonds. The number of aromatic hydroxyl groups is 1. The van der Waals surface area contributed by atoms with E-state index in [1.165, 1.54) is 16.7 Å². The fraction of sp³-hybridized carbons (Fsp3) is 0.214. The number of benzene rings is 1. The molecule has 1 aliphatic heterocycles. The zero-order chi connectivity index (χ0) is 15.4. The first-order chi connectivity index (χ1) is 9.97. The van der Waals surface area contributed by atoms with Gasteiger partial charge in [-0.25, -0.2) is 0 Å². The van der Waals surface area contributed by atoms with Gasteiger partial charge >= 0.3 is 5.97 Å². The molecule has 1 aliphatic rings. The van der Waals surface area contributed by atoms with E-state index in [4.69, 9.17) is 17.3 Å². The summed E-state index contributed by atoms with van der Waals surface area (Å²) in [5.74, 6) is -0.933. The van der Waals surface area contributed by atoms with Crippen LogP contribution in [0.2, 0.25) is 0 Å². The third-order valence-electron chi connectivity index (χ3n) is 2.84. The number of rotatable bonds is 5. The Balaban J connectivity index is 2.06. The summed E-state index contributed by atoms with van der Waals surface area (Å²) in [4.78, 5) is 24.6. The highest BCUT2D eigenvalue weighted by Gasteiger charge is 2.31. The largest absolute Gasteiger partial charge is 0.508 e. The van der Waals surface area contributed by atoms with E-state index in [9.17, 15) is 14.7 Å². The Kier molecular flexibility index (Phi) is 4.98. The van der Waals surface area contributed by atoms with E-state index >= 15 is 0 Å². The minimum atomic E-state index is -0.889. The summed E-state index contributed by atoms with van der Waals surface area (Å²) in [5.41, 5.74) is 0.791. The number of thiocarbonyl (C=S) groups is 1. The molecular weight excluding hydrogens is 310 g/mol. The van der Waals surface area contributed by atoms with Crippen LogP contribution in [0.1, 0.15) is 18.4 Å². The number of carbonyl (C=O) groups is 2. The van der Waals surface area contributed by atoms with E-state index in [2.05, 4.69) is 0 Å².